The molecule has 1 saturated heterocycles. The van der Waals surface area contributed by atoms with E-state index in [9.17, 15) is 4.79 Å². The highest BCUT2D eigenvalue weighted by Gasteiger charge is 2.24. The molecule has 88 valence electrons. The average molecular weight is 213 g/mol. The average Bonchev–Trinajstić information content (AvgIpc) is 2.43. The van der Waals surface area contributed by atoms with Crippen LogP contribution in [0, 0.1) is 5.92 Å². The van der Waals surface area contributed by atoms with Crippen LogP contribution >= 0.6 is 0 Å². The summed E-state index contributed by atoms with van der Waals surface area (Å²) in [6, 6.07) is 0.0367. The van der Waals surface area contributed by atoms with Crippen molar-refractivity contribution in [3.8, 4) is 0 Å². The van der Waals surface area contributed by atoms with Gasteiger partial charge < -0.3 is 16.4 Å². The lowest BCUT2D eigenvalue weighted by Gasteiger charge is -2.30. The lowest BCUT2D eigenvalue weighted by atomic mass is 9.97. The minimum atomic E-state index is -0.272. The minimum Gasteiger partial charge on any atom is -0.351 e. The lowest BCUT2D eigenvalue weighted by Crippen LogP contribution is -2.44. The number of hydrogen-bond donors (Lipinski definition) is 2. The van der Waals surface area contributed by atoms with Crippen LogP contribution in [-0.2, 0) is 0 Å². The Hall–Kier alpha value is -0.770. The van der Waals surface area contributed by atoms with Gasteiger partial charge in [-0.1, -0.05) is 19.8 Å². The van der Waals surface area contributed by atoms with Gasteiger partial charge in [0.1, 0.15) is 0 Å². The summed E-state index contributed by atoms with van der Waals surface area (Å²) in [7, 11) is 0. The van der Waals surface area contributed by atoms with Crippen molar-refractivity contribution in [2.45, 2.75) is 45.1 Å². The van der Waals surface area contributed by atoms with E-state index in [2.05, 4.69) is 6.92 Å². The molecule has 2 amide bonds. The molecule has 0 saturated carbocycles. The molecule has 1 rings (SSSR count). The predicted molar refractivity (Wildman–Crippen MR) is 61.4 cm³/mol. The second-order valence-electron chi connectivity index (χ2n) is 4.61. The molecule has 0 aromatic heterocycles. The van der Waals surface area contributed by atoms with E-state index in [0.29, 0.717) is 18.5 Å². The number of rotatable bonds is 3. The van der Waals surface area contributed by atoms with Crippen molar-refractivity contribution in [3.05, 3.63) is 0 Å². The first-order chi connectivity index (χ1) is 7.15. The second kappa shape index (κ2) is 5.95. The topological polar surface area (TPSA) is 72.3 Å². The molecule has 2 atom stereocenters. The summed E-state index contributed by atoms with van der Waals surface area (Å²) in [6.07, 6.45) is 5.55. The largest absolute Gasteiger partial charge is 0.351 e. The number of likely N-dealkylation sites (tertiary alicyclic amines) is 1. The standard InChI is InChI=1S/C11H23N3O/c1-9(8-12)7-10-5-3-2-4-6-14(10)11(13)15/h9-10H,2-8,12H2,1H3,(H2,13,15). The highest BCUT2D eigenvalue weighted by Crippen LogP contribution is 2.21. The minimum absolute atomic E-state index is 0.272. The summed E-state index contributed by atoms with van der Waals surface area (Å²) in [5.41, 5.74) is 11.0. The maximum Gasteiger partial charge on any atom is 0.315 e. The quantitative estimate of drug-likeness (QED) is 0.741. The summed E-state index contributed by atoms with van der Waals surface area (Å²) in [6.45, 7) is 3.63. The number of nitrogens with zero attached hydrogens (tertiary/aromatic N) is 1. The Bertz CT molecular complexity index is 208. The van der Waals surface area contributed by atoms with Crippen LogP contribution < -0.4 is 11.5 Å². The number of hydrogen-bond acceptors (Lipinski definition) is 2. The molecule has 0 bridgehead atoms. The molecule has 0 aromatic rings. The zero-order valence-electron chi connectivity index (χ0n) is 9.61. The molecule has 4 N–H and O–H groups in total. The molecule has 0 aromatic carbocycles. The molecule has 1 aliphatic rings. The molecule has 2 unspecified atom stereocenters. The summed E-state index contributed by atoms with van der Waals surface area (Å²) >= 11 is 0. The van der Waals surface area contributed by atoms with Crippen molar-refractivity contribution in [1.82, 2.24) is 4.90 Å². The van der Waals surface area contributed by atoms with E-state index in [1.807, 2.05) is 4.90 Å². The van der Waals surface area contributed by atoms with Crippen molar-refractivity contribution in [1.29, 1.82) is 0 Å². The molecule has 4 heteroatoms. The number of nitrogens with two attached hydrogens (primary N) is 2. The zero-order chi connectivity index (χ0) is 11.3. The van der Waals surface area contributed by atoms with Crippen LogP contribution in [0.25, 0.3) is 0 Å². The van der Waals surface area contributed by atoms with Crippen LogP contribution in [-0.4, -0.2) is 30.1 Å². The smallest absolute Gasteiger partial charge is 0.315 e. The molecular formula is C11H23N3O. The second-order valence-corrected chi connectivity index (χ2v) is 4.61. The Balaban J connectivity index is 2.57. The molecule has 15 heavy (non-hydrogen) atoms. The lowest BCUT2D eigenvalue weighted by molar-refractivity contribution is 0.174. The Morgan fingerprint density at radius 2 is 2.20 bits per heavy atom. The molecule has 0 radical (unpaired) electrons. The van der Waals surface area contributed by atoms with Gasteiger partial charge in [0.15, 0.2) is 0 Å². The molecule has 1 aliphatic heterocycles. The van der Waals surface area contributed by atoms with Gasteiger partial charge in [0.2, 0.25) is 0 Å². The number of amides is 2. The molecule has 0 aliphatic carbocycles. The summed E-state index contributed by atoms with van der Waals surface area (Å²) in [4.78, 5) is 13.1. The van der Waals surface area contributed by atoms with Gasteiger partial charge in [-0.25, -0.2) is 4.79 Å². The van der Waals surface area contributed by atoms with Crippen LogP contribution in [0.2, 0.25) is 0 Å². The van der Waals surface area contributed by atoms with Gasteiger partial charge in [0.25, 0.3) is 0 Å². The van der Waals surface area contributed by atoms with E-state index in [0.717, 1.165) is 25.8 Å². The van der Waals surface area contributed by atoms with Gasteiger partial charge >= 0.3 is 6.03 Å². The molecular weight excluding hydrogens is 190 g/mol. The van der Waals surface area contributed by atoms with E-state index < -0.39 is 0 Å². The maximum atomic E-state index is 11.3. The van der Waals surface area contributed by atoms with Crippen molar-refractivity contribution in [2.75, 3.05) is 13.1 Å². The van der Waals surface area contributed by atoms with Crippen molar-refractivity contribution in [2.24, 2.45) is 17.4 Å². The van der Waals surface area contributed by atoms with Crippen LogP contribution in [0.5, 0.6) is 0 Å². The predicted octanol–water partition coefficient (Wildman–Crippen LogP) is 1.29. The first-order valence-electron chi connectivity index (χ1n) is 5.91. The van der Waals surface area contributed by atoms with E-state index >= 15 is 0 Å². The zero-order valence-corrected chi connectivity index (χ0v) is 9.61. The van der Waals surface area contributed by atoms with Gasteiger partial charge in [-0.3, -0.25) is 0 Å². The Kier molecular flexibility index (Phi) is 4.88. The highest BCUT2D eigenvalue weighted by atomic mass is 16.2. The van der Waals surface area contributed by atoms with Gasteiger partial charge in [0, 0.05) is 12.6 Å². The van der Waals surface area contributed by atoms with Crippen molar-refractivity contribution < 1.29 is 4.79 Å². The fraction of sp³-hybridized carbons (Fsp3) is 0.909. The summed E-state index contributed by atoms with van der Waals surface area (Å²) in [5.74, 6) is 0.468. The van der Waals surface area contributed by atoms with Gasteiger partial charge in [-0.2, -0.15) is 0 Å². The van der Waals surface area contributed by atoms with Crippen molar-refractivity contribution in [3.63, 3.8) is 0 Å². The SMILES string of the molecule is CC(CN)CC1CCCCCN1C(N)=O. The fourth-order valence-electron chi connectivity index (χ4n) is 2.27. The van der Waals surface area contributed by atoms with Crippen LogP contribution in [0.3, 0.4) is 0 Å². The Morgan fingerprint density at radius 1 is 1.47 bits per heavy atom. The molecule has 0 spiro atoms. The number of carbonyl (C=O) groups excluding carboxylic acids is 1. The summed E-state index contributed by atoms with van der Waals surface area (Å²) in [5, 5.41) is 0. The van der Waals surface area contributed by atoms with Gasteiger partial charge in [-0.05, 0) is 31.7 Å². The third-order valence-electron chi connectivity index (χ3n) is 3.24. The van der Waals surface area contributed by atoms with E-state index in [1.165, 1.54) is 12.8 Å². The molecule has 4 nitrogen and oxygen atoms in total. The first kappa shape index (κ1) is 12.3. The van der Waals surface area contributed by atoms with Gasteiger partial charge in [-0.15, -0.1) is 0 Å². The van der Waals surface area contributed by atoms with Crippen molar-refractivity contribution >= 4 is 6.03 Å². The number of primary amides is 1. The highest BCUT2D eigenvalue weighted by molar-refractivity contribution is 5.72. The third kappa shape index (κ3) is 3.70. The van der Waals surface area contributed by atoms with Gasteiger partial charge in [0.05, 0.1) is 0 Å². The number of urea groups is 1. The Labute approximate surface area is 92.0 Å². The Morgan fingerprint density at radius 3 is 2.80 bits per heavy atom. The van der Waals surface area contributed by atoms with E-state index in [-0.39, 0.29) is 6.03 Å². The third-order valence-corrected chi connectivity index (χ3v) is 3.24. The van der Waals surface area contributed by atoms with Crippen LogP contribution in [0.1, 0.15) is 39.0 Å². The monoisotopic (exact) mass is 213 g/mol. The first-order valence-corrected chi connectivity index (χ1v) is 5.91. The van der Waals surface area contributed by atoms with E-state index in [4.69, 9.17) is 11.5 Å². The molecule has 1 fully saturated rings. The normalized spacial score (nSPS) is 24.7. The summed E-state index contributed by atoms with van der Waals surface area (Å²) < 4.78 is 0. The van der Waals surface area contributed by atoms with E-state index in [1.54, 1.807) is 0 Å². The fourth-order valence-corrected chi connectivity index (χ4v) is 2.27. The molecule has 1 heterocycles. The maximum absolute atomic E-state index is 11.3. The number of carbonyl (C=O) groups is 1. The van der Waals surface area contributed by atoms with Crippen LogP contribution in [0.4, 0.5) is 4.79 Å². The van der Waals surface area contributed by atoms with Crippen LogP contribution in [0.15, 0.2) is 0 Å².